The number of carbonyl (C=O) groups is 2. The Morgan fingerprint density at radius 1 is 0.567 bits per heavy atom. The van der Waals surface area contributed by atoms with Crippen molar-refractivity contribution >= 4 is 11.9 Å². The van der Waals surface area contributed by atoms with Gasteiger partial charge in [-0.3, -0.25) is 9.59 Å². The topological polar surface area (TPSA) is 74.6 Å². The predicted molar refractivity (Wildman–Crippen MR) is 126 cm³/mol. The van der Waals surface area contributed by atoms with E-state index >= 15 is 0 Å². The number of aliphatic carboxylic acids is 2. The first-order valence-corrected chi connectivity index (χ1v) is 12.9. The van der Waals surface area contributed by atoms with Crippen LogP contribution >= 0.6 is 0 Å². The number of carboxylic acids is 2. The summed E-state index contributed by atoms with van der Waals surface area (Å²) in [5, 5.41) is 17.5. The second kappa shape index (κ2) is 21.2. The summed E-state index contributed by atoms with van der Waals surface area (Å²) in [7, 11) is 0. The molecule has 2 N–H and O–H groups in total. The molecule has 178 valence electrons. The highest BCUT2D eigenvalue weighted by molar-refractivity contribution is 5.69. The van der Waals surface area contributed by atoms with Gasteiger partial charge in [-0.25, -0.2) is 0 Å². The Hall–Kier alpha value is -1.06. The van der Waals surface area contributed by atoms with E-state index in [0.29, 0.717) is 12.3 Å². The lowest BCUT2D eigenvalue weighted by Gasteiger charge is -2.13. The van der Waals surface area contributed by atoms with Crippen molar-refractivity contribution in [2.75, 3.05) is 0 Å². The van der Waals surface area contributed by atoms with Gasteiger partial charge in [0.25, 0.3) is 0 Å². The van der Waals surface area contributed by atoms with E-state index in [1.165, 1.54) is 103 Å². The van der Waals surface area contributed by atoms with Gasteiger partial charge in [0.2, 0.25) is 0 Å². The Balaban J connectivity index is 3.16. The molecule has 2 atom stereocenters. The Kier molecular flexibility index (Phi) is 20.4. The zero-order valence-corrected chi connectivity index (χ0v) is 20.0. The third-order valence-corrected chi connectivity index (χ3v) is 6.27. The predicted octanol–water partition coefficient (Wildman–Crippen LogP) is 8.23. The van der Waals surface area contributed by atoms with E-state index in [9.17, 15) is 9.59 Å². The Morgan fingerprint density at radius 2 is 0.900 bits per heavy atom. The summed E-state index contributed by atoms with van der Waals surface area (Å²) in [6.45, 7) is 4.00. The molecule has 0 spiro atoms. The van der Waals surface area contributed by atoms with E-state index in [4.69, 9.17) is 10.2 Å². The maximum atomic E-state index is 10.9. The second-order valence-corrected chi connectivity index (χ2v) is 9.52. The van der Waals surface area contributed by atoms with Crippen molar-refractivity contribution < 1.29 is 19.8 Å². The van der Waals surface area contributed by atoms with Crippen LogP contribution < -0.4 is 0 Å². The minimum absolute atomic E-state index is 0.207. The summed E-state index contributed by atoms with van der Waals surface area (Å²) in [5.74, 6) is -1.01. The lowest BCUT2D eigenvalue weighted by atomic mass is 9.92. The lowest BCUT2D eigenvalue weighted by Crippen LogP contribution is -2.13. The molecule has 0 saturated carbocycles. The van der Waals surface area contributed by atoms with Gasteiger partial charge in [0.15, 0.2) is 0 Å². The Morgan fingerprint density at radius 3 is 1.23 bits per heavy atom. The summed E-state index contributed by atoms with van der Waals surface area (Å²) in [6.07, 6.45) is 24.2. The standard InChI is InChI=1S/C26H50O4/c1-23(22-24(2)26(29)30)20-18-16-14-12-10-8-6-4-3-5-7-9-11-13-15-17-19-21-25(27)28/h23-24H,3-22H2,1-2H3,(H,27,28)(H,29,30). The number of hydrogen-bond donors (Lipinski definition) is 2. The molecule has 0 aliphatic rings. The molecule has 0 aromatic heterocycles. The zero-order valence-electron chi connectivity index (χ0n) is 20.0. The maximum Gasteiger partial charge on any atom is 0.306 e. The van der Waals surface area contributed by atoms with E-state index in [0.717, 1.165) is 19.3 Å². The van der Waals surface area contributed by atoms with E-state index in [1.54, 1.807) is 0 Å². The molecule has 0 aliphatic heterocycles. The second-order valence-electron chi connectivity index (χ2n) is 9.52. The van der Waals surface area contributed by atoms with Crippen LogP contribution in [0.15, 0.2) is 0 Å². The first-order chi connectivity index (χ1) is 14.4. The fraction of sp³-hybridized carbons (Fsp3) is 0.923. The third-order valence-electron chi connectivity index (χ3n) is 6.27. The van der Waals surface area contributed by atoms with E-state index in [2.05, 4.69) is 6.92 Å². The van der Waals surface area contributed by atoms with E-state index < -0.39 is 11.9 Å². The summed E-state index contributed by atoms with van der Waals surface area (Å²) >= 11 is 0. The highest BCUT2D eigenvalue weighted by Crippen LogP contribution is 2.19. The van der Waals surface area contributed by atoms with Gasteiger partial charge >= 0.3 is 11.9 Å². The average molecular weight is 427 g/mol. The van der Waals surface area contributed by atoms with Crippen molar-refractivity contribution in [3.63, 3.8) is 0 Å². The van der Waals surface area contributed by atoms with Crippen molar-refractivity contribution in [2.24, 2.45) is 11.8 Å². The van der Waals surface area contributed by atoms with E-state index in [1.807, 2.05) is 6.92 Å². The van der Waals surface area contributed by atoms with Gasteiger partial charge in [0, 0.05) is 6.42 Å². The quantitative estimate of drug-likeness (QED) is 0.161. The highest BCUT2D eigenvalue weighted by atomic mass is 16.4. The monoisotopic (exact) mass is 426 g/mol. The van der Waals surface area contributed by atoms with Crippen molar-refractivity contribution in [1.82, 2.24) is 0 Å². The molecule has 0 rings (SSSR count). The van der Waals surface area contributed by atoms with Crippen LogP contribution in [0, 0.1) is 11.8 Å². The molecule has 0 amide bonds. The molecule has 30 heavy (non-hydrogen) atoms. The third kappa shape index (κ3) is 21.6. The summed E-state index contributed by atoms with van der Waals surface area (Å²) in [6, 6.07) is 0. The molecule has 0 radical (unpaired) electrons. The first-order valence-electron chi connectivity index (χ1n) is 12.9. The molecular weight excluding hydrogens is 376 g/mol. The van der Waals surface area contributed by atoms with Crippen LogP contribution in [0.4, 0.5) is 0 Å². The van der Waals surface area contributed by atoms with Gasteiger partial charge in [-0.2, -0.15) is 0 Å². The van der Waals surface area contributed by atoms with Crippen molar-refractivity contribution in [3.8, 4) is 0 Å². The molecule has 0 saturated heterocycles. The number of carboxylic acid groups (broad SMARTS) is 2. The van der Waals surface area contributed by atoms with Crippen LogP contribution in [0.25, 0.3) is 0 Å². The zero-order chi connectivity index (χ0) is 22.5. The Labute approximate surface area is 186 Å². The molecule has 4 heteroatoms. The molecule has 2 unspecified atom stereocenters. The van der Waals surface area contributed by atoms with Crippen molar-refractivity contribution in [3.05, 3.63) is 0 Å². The van der Waals surface area contributed by atoms with Crippen LogP contribution in [-0.2, 0) is 9.59 Å². The number of rotatable bonds is 23. The van der Waals surface area contributed by atoms with Crippen LogP contribution in [0.3, 0.4) is 0 Å². The SMILES string of the molecule is CC(CCCCCCCCCCCCCCCCCCCC(=O)O)CC(C)C(=O)O. The van der Waals surface area contributed by atoms with Gasteiger partial charge < -0.3 is 10.2 Å². The van der Waals surface area contributed by atoms with Crippen LogP contribution in [0.1, 0.15) is 142 Å². The first kappa shape index (κ1) is 28.9. The average Bonchev–Trinajstić information content (AvgIpc) is 2.69. The van der Waals surface area contributed by atoms with Gasteiger partial charge in [-0.05, 0) is 18.8 Å². The van der Waals surface area contributed by atoms with Gasteiger partial charge in [-0.1, -0.05) is 123 Å². The largest absolute Gasteiger partial charge is 0.481 e. The minimum Gasteiger partial charge on any atom is -0.481 e. The van der Waals surface area contributed by atoms with Crippen molar-refractivity contribution in [2.45, 2.75) is 142 Å². The fourth-order valence-corrected chi connectivity index (χ4v) is 4.24. The fourth-order valence-electron chi connectivity index (χ4n) is 4.24. The molecule has 0 bridgehead atoms. The lowest BCUT2D eigenvalue weighted by molar-refractivity contribution is -0.141. The van der Waals surface area contributed by atoms with Gasteiger partial charge in [0.05, 0.1) is 5.92 Å². The van der Waals surface area contributed by atoms with Crippen LogP contribution in [0.5, 0.6) is 0 Å². The van der Waals surface area contributed by atoms with Gasteiger partial charge in [0.1, 0.15) is 0 Å². The summed E-state index contributed by atoms with van der Waals surface area (Å²) < 4.78 is 0. The molecule has 0 aliphatic carbocycles. The highest BCUT2D eigenvalue weighted by Gasteiger charge is 2.14. The summed E-state index contributed by atoms with van der Waals surface area (Å²) in [4.78, 5) is 21.3. The maximum absolute atomic E-state index is 10.9. The summed E-state index contributed by atoms with van der Waals surface area (Å²) in [5.41, 5.74) is 0. The van der Waals surface area contributed by atoms with Gasteiger partial charge in [-0.15, -0.1) is 0 Å². The molecule has 0 aromatic carbocycles. The normalized spacial score (nSPS) is 13.3. The molecule has 0 fully saturated rings. The number of hydrogen-bond acceptors (Lipinski definition) is 2. The van der Waals surface area contributed by atoms with Crippen LogP contribution in [0.2, 0.25) is 0 Å². The Bertz CT molecular complexity index is 408. The minimum atomic E-state index is -0.666. The van der Waals surface area contributed by atoms with Crippen LogP contribution in [-0.4, -0.2) is 22.2 Å². The molecular formula is C26H50O4. The molecule has 4 nitrogen and oxygen atoms in total. The smallest absolute Gasteiger partial charge is 0.306 e. The van der Waals surface area contributed by atoms with Crippen molar-refractivity contribution in [1.29, 1.82) is 0 Å². The van der Waals surface area contributed by atoms with E-state index in [-0.39, 0.29) is 5.92 Å². The molecule has 0 heterocycles. The molecule has 0 aromatic rings. The number of unbranched alkanes of at least 4 members (excludes halogenated alkanes) is 16.